The van der Waals surface area contributed by atoms with Gasteiger partial charge in [0.25, 0.3) is 5.91 Å². The number of nitrogens with one attached hydrogen (secondary N) is 2. The van der Waals surface area contributed by atoms with Crippen molar-refractivity contribution >= 4 is 23.5 Å². The fourth-order valence-electron chi connectivity index (χ4n) is 2.30. The number of carboxylic acid groups (broad SMARTS) is 1. The van der Waals surface area contributed by atoms with Crippen molar-refractivity contribution < 1.29 is 24.2 Å². The summed E-state index contributed by atoms with van der Waals surface area (Å²) in [4.78, 5) is 34.4. The summed E-state index contributed by atoms with van der Waals surface area (Å²) >= 11 is 0. The van der Waals surface area contributed by atoms with Gasteiger partial charge in [-0.15, -0.1) is 0 Å². The first kappa shape index (κ1) is 18.8. The molecule has 7 heteroatoms. The van der Waals surface area contributed by atoms with Crippen molar-refractivity contribution in [1.29, 1.82) is 0 Å². The molecular formula is C18H24N2O5. The minimum absolute atomic E-state index is 0.00933. The van der Waals surface area contributed by atoms with Crippen LogP contribution in [-0.2, 0) is 14.4 Å². The molecule has 0 bridgehead atoms. The smallest absolute Gasteiger partial charge is 0.303 e. The molecule has 1 aromatic rings. The molecule has 1 aliphatic carbocycles. The van der Waals surface area contributed by atoms with Gasteiger partial charge < -0.3 is 20.5 Å². The second-order valence-electron chi connectivity index (χ2n) is 6.91. The summed E-state index contributed by atoms with van der Waals surface area (Å²) in [5, 5.41) is 14.3. The molecular weight excluding hydrogens is 324 g/mol. The highest BCUT2D eigenvalue weighted by atomic mass is 16.5. The van der Waals surface area contributed by atoms with Crippen molar-refractivity contribution in [3.63, 3.8) is 0 Å². The van der Waals surface area contributed by atoms with Gasteiger partial charge in [0.15, 0.2) is 6.61 Å². The van der Waals surface area contributed by atoms with Crippen LogP contribution in [0.15, 0.2) is 24.3 Å². The summed E-state index contributed by atoms with van der Waals surface area (Å²) in [6, 6.07) is 6.88. The second-order valence-corrected chi connectivity index (χ2v) is 6.91. The number of aliphatic carboxylic acids is 1. The van der Waals surface area contributed by atoms with Crippen molar-refractivity contribution in [3.05, 3.63) is 24.3 Å². The lowest BCUT2D eigenvalue weighted by Crippen LogP contribution is -2.45. The van der Waals surface area contributed by atoms with E-state index in [1.165, 1.54) is 0 Å². The molecule has 0 spiro atoms. The quantitative estimate of drug-likeness (QED) is 0.634. The van der Waals surface area contributed by atoms with Gasteiger partial charge in [-0.05, 0) is 45.2 Å². The molecule has 7 nitrogen and oxygen atoms in total. The van der Waals surface area contributed by atoms with Crippen molar-refractivity contribution in [3.8, 4) is 5.75 Å². The standard InChI is InChI=1S/C18H24N2O5/c1-18(2,9-8-16(22)23)20-15(21)11-25-14-5-3-4-13(10-14)19-17(24)12-6-7-12/h3-5,10,12H,6-9,11H2,1-2H3,(H,19,24)(H,20,21)(H,22,23). The van der Waals surface area contributed by atoms with Crippen LogP contribution in [-0.4, -0.2) is 35.0 Å². The first-order valence-corrected chi connectivity index (χ1v) is 8.32. The Morgan fingerprint density at radius 2 is 2.00 bits per heavy atom. The molecule has 1 fully saturated rings. The van der Waals surface area contributed by atoms with E-state index in [-0.39, 0.29) is 30.8 Å². The number of carbonyl (C=O) groups is 3. The molecule has 0 aromatic heterocycles. The largest absolute Gasteiger partial charge is 0.484 e. The van der Waals surface area contributed by atoms with Crippen LogP contribution < -0.4 is 15.4 Å². The number of rotatable bonds is 9. The Morgan fingerprint density at radius 3 is 2.64 bits per heavy atom. The van der Waals surface area contributed by atoms with Crippen LogP contribution in [0.4, 0.5) is 5.69 Å². The molecule has 0 atom stereocenters. The molecule has 136 valence electrons. The number of anilines is 1. The third kappa shape index (κ3) is 6.82. The van der Waals surface area contributed by atoms with Crippen LogP contribution in [0.3, 0.4) is 0 Å². The van der Waals surface area contributed by atoms with Gasteiger partial charge in [-0.3, -0.25) is 14.4 Å². The number of carbonyl (C=O) groups excluding carboxylic acids is 2. The molecule has 0 unspecified atom stereocenters. The van der Waals surface area contributed by atoms with Crippen molar-refractivity contribution in [2.45, 2.75) is 45.1 Å². The summed E-state index contributed by atoms with van der Waals surface area (Å²) in [7, 11) is 0. The van der Waals surface area contributed by atoms with Crippen LogP contribution in [0.1, 0.15) is 39.5 Å². The van der Waals surface area contributed by atoms with E-state index in [4.69, 9.17) is 9.84 Å². The van der Waals surface area contributed by atoms with Crippen LogP contribution in [0, 0.1) is 5.92 Å². The first-order chi connectivity index (χ1) is 11.7. The van der Waals surface area contributed by atoms with Gasteiger partial charge in [-0.2, -0.15) is 0 Å². The minimum atomic E-state index is -0.899. The predicted molar refractivity (Wildman–Crippen MR) is 92.4 cm³/mol. The molecule has 1 aliphatic rings. The third-order valence-electron chi connectivity index (χ3n) is 3.86. The lowest BCUT2D eigenvalue weighted by molar-refractivity contribution is -0.138. The Morgan fingerprint density at radius 1 is 1.28 bits per heavy atom. The average Bonchev–Trinajstić information content (AvgIpc) is 3.36. The molecule has 1 aromatic carbocycles. The highest BCUT2D eigenvalue weighted by Crippen LogP contribution is 2.30. The molecule has 25 heavy (non-hydrogen) atoms. The molecule has 0 saturated heterocycles. The van der Waals surface area contributed by atoms with Crippen molar-refractivity contribution in [2.75, 3.05) is 11.9 Å². The van der Waals surface area contributed by atoms with E-state index < -0.39 is 11.5 Å². The number of carboxylic acids is 1. The van der Waals surface area contributed by atoms with E-state index >= 15 is 0 Å². The molecule has 2 rings (SSSR count). The number of benzene rings is 1. The third-order valence-corrected chi connectivity index (χ3v) is 3.86. The number of ether oxygens (including phenoxy) is 1. The Hall–Kier alpha value is -2.57. The minimum Gasteiger partial charge on any atom is -0.484 e. The molecule has 0 aliphatic heterocycles. The Balaban J connectivity index is 1.80. The topological polar surface area (TPSA) is 105 Å². The van der Waals surface area contributed by atoms with E-state index in [0.29, 0.717) is 17.9 Å². The van der Waals surface area contributed by atoms with Gasteiger partial charge >= 0.3 is 5.97 Å². The van der Waals surface area contributed by atoms with Gasteiger partial charge in [-0.25, -0.2) is 0 Å². The normalized spacial score (nSPS) is 13.8. The number of hydrogen-bond donors (Lipinski definition) is 3. The zero-order valence-electron chi connectivity index (χ0n) is 14.5. The van der Waals surface area contributed by atoms with E-state index in [1.807, 2.05) is 0 Å². The van der Waals surface area contributed by atoms with E-state index in [0.717, 1.165) is 12.8 Å². The molecule has 2 amide bonds. The second kappa shape index (κ2) is 8.00. The summed E-state index contributed by atoms with van der Waals surface area (Å²) < 4.78 is 5.46. The maximum atomic E-state index is 12.0. The monoisotopic (exact) mass is 348 g/mol. The van der Waals surface area contributed by atoms with E-state index in [1.54, 1.807) is 38.1 Å². The zero-order chi connectivity index (χ0) is 18.4. The van der Waals surface area contributed by atoms with Crippen molar-refractivity contribution in [1.82, 2.24) is 5.32 Å². The first-order valence-electron chi connectivity index (χ1n) is 8.32. The van der Waals surface area contributed by atoms with Crippen LogP contribution in [0.2, 0.25) is 0 Å². The number of hydrogen-bond acceptors (Lipinski definition) is 4. The lowest BCUT2D eigenvalue weighted by Gasteiger charge is -2.25. The van der Waals surface area contributed by atoms with E-state index in [2.05, 4.69) is 10.6 Å². The fourth-order valence-corrected chi connectivity index (χ4v) is 2.30. The number of amides is 2. The summed E-state index contributed by atoms with van der Waals surface area (Å²) in [6.07, 6.45) is 2.17. The maximum Gasteiger partial charge on any atom is 0.303 e. The summed E-state index contributed by atoms with van der Waals surface area (Å²) in [5.74, 6) is -0.628. The van der Waals surface area contributed by atoms with Gasteiger partial charge in [0.1, 0.15) is 5.75 Å². The molecule has 3 N–H and O–H groups in total. The maximum absolute atomic E-state index is 12.0. The Bertz CT molecular complexity index is 653. The van der Waals surface area contributed by atoms with Gasteiger partial charge in [0.2, 0.25) is 5.91 Å². The summed E-state index contributed by atoms with van der Waals surface area (Å²) in [5.41, 5.74) is 0.00967. The van der Waals surface area contributed by atoms with Crippen LogP contribution in [0.25, 0.3) is 0 Å². The molecule has 0 heterocycles. The SMILES string of the molecule is CC(C)(CCC(=O)O)NC(=O)COc1cccc(NC(=O)C2CC2)c1. The Labute approximate surface area is 146 Å². The Kier molecular flexibility index (Phi) is 6.01. The lowest BCUT2D eigenvalue weighted by atomic mass is 9.98. The zero-order valence-corrected chi connectivity index (χ0v) is 14.5. The summed E-state index contributed by atoms with van der Waals surface area (Å²) in [6.45, 7) is 3.35. The highest BCUT2D eigenvalue weighted by molar-refractivity contribution is 5.94. The molecule has 1 saturated carbocycles. The van der Waals surface area contributed by atoms with Crippen LogP contribution >= 0.6 is 0 Å². The van der Waals surface area contributed by atoms with Crippen molar-refractivity contribution in [2.24, 2.45) is 5.92 Å². The fraction of sp³-hybridized carbons (Fsp3) is 0.500. The van der Waals surface area contributed by atoms with E-state index in [9.17, 15) is 14.4 Å². The van der Waals surface area contributed by atoms with Gasteiger partial charge in [0, 0.05) is 29.6 Å². The predicted octanol–water partition coefficient (Wildman–Crippen LogP) is 2.17. The van der Waals surface area contributed by atoms with Gasteiger partial charge in [-0.1, -0.05) is 6.07 Å². The molecule has 0 radical (unpaired) electrons. The van der Waals surface area contributed by atoms with Crippen LogP contribution in [0.5, 0.6) is 5.75 Å². The average molecular weight is 348 g/mol. The highest BCUT2D eigenvalue weighted by Gasteiger charge is 2.29. The van der Waals surface area contributed by atoms with Gasteiger partial charge in [0.05, 0.1) is 0 Å².